The summed E-state index contributed by atoms with van der Waals surface area (Å²) in [6.45, 7) is 0. The van der Waals surface area contributed by atoms with Crippen LogP contribution in [0.3, 0.4) is 0 Å². The summed E-state index contributed by atoms with van der Waals surface area (Å²) in [6.07, 6.45) is 1.44. The van der Waals surface area contributed by atoms with Gasteiger partial charge in [0.25, 0.3) is 5.91 Å². The quantitative estimate of drug-likeness (QED) is 0.276. The number of rotatable bonds is 5. The second-order valence-electron chi connectivity index (χ2n) is 6.54. The number of nitrogens with one attached hydrogen (secondary N) is 2. The highest BCUT2D eigenvalue weighted by Crippen LogP contribution is 2.30. The van der Waals surface area contributed by atoms with E-state index in [4.69, 9.17) is 23.2 Å². The molecule has 0 aliphatic carbocycles. The number of amides is 1. The second kappa shape index (κ2) is 8.99. The van der Waals surface area contributed by atoms with Crippen LogP contribution in [0.5, 0.6) is 0 Å². The predicted molar refractivity (Wildman–Crippen MR) is 123 cm³/mol. The predicted octanol–water partition coefficient (Wildman–Crippen LogP) is 6.42. The normalized spacial score (nSPS) is 11.0. The van der Waals surface area contributed by atoms with Gasteiger partial charge in [0.05, 0.1) is 16.3 Å². The number of benzene rings is 3. The molecule has 4 rings (SSSR count). The first-order valence-corrected chi connectivity index (χ1v) is 10.0. The molecule has 0 aliphatic heterocycles. The van der Waals surface area contributed by atoms with E-state index in [1.54, 1.807) is 18.2 Å². The first-order valence-electron chi connectivity index (χ1n) is 9.25. The Labute approximate surface area is 184 Å². The Morgan fingerprint density at radius 1 is 0.833 bits per heavy atom. The third-order valence-electron chi connectivity index (χ3n) is 4.57. The van der Waals surface area contributed by atoms with Gasteiger partial charge in [-0.1, -0.05) is 89.9 Å². The molecular weight excluding hydrogens is 417 g/mol. The molecule has 0 spiro atoms. The van der Waals surface area contributed by atoms with Crippen molar-refractivity contribution in [3.05, 3.63) is 106 Å². The van der Waals surface area contributed by atoms with Crippen LogP contribution in [0.15, 0.2) is 90.0 Å². The van der Waals surface area contributed by atoms with Gasteiger partial charge in [0, 0.05) is 16.8 Å². The van der Waals surface area contributed by atoms with Gasteiger partial charge in [-0.05, 0) is 29.3 Å². The average Bonchev–Trinajstić information content (AvgIpc) is 3.23. The smallest absolute Gasteiger partial charge is 0.288 e. The van der Waals surface area contributed by atoms with E-state index in [2.05, 4.69) is 15.5 Å². The van der Waals surface area contributed by atoms with Crippen LogP contribution in [0, 0.1) is 0 Å². The molecule has 2 N–H and O–H groups in total. The molecule has 0 bridgehead atoms. The molecule has 0 radical (unpaired) electrons. The highest BCUT2D eigenvalue weighted by atomic mass is 35.5. The molecule has 0 unspecified atom stereocenters. The summed E-state index contributed by atoms with van der Waals surface area (Å²) in [4.78, 5) is 16.2. The molecular formula is C24H17Cl2N3O. The molecule has 148 valence electrons. The second-order valence-corrected chi connectivity index (χ2v) is 7.35. The lowest BCUT2D eigenvalue weighted by Gasteiger charge is -2.04. The zero-order valence-electron chi connectivity index (χ0n) is 15.8. The summed E-state index contributed by atoms with van der Waals surface area (Å²) >= 11 is 12.3. The van der Waals surface area contributed by atoms with Crippen molar-refractivity contribution < 1.29 is 4.79 Å². The number of aromatic nitrogens is 1. The van der Waals surface area contributed by atoms with E-state index in [1.807, 2.05) is 66.7 Å². The third-order valence-corrected chi connectivity index (χ3v) is 5.23. The first-order chi connectivity index (χ1) is 14.6. The number of hydrazone groups is 1. The summed E-state index contributed by atoms with van der Waals surface area (Å²) in [5.41, 5.74) is 7.07. The van der Waals surface area contributed by atoms with Gasteiger partial charge in [-0.2, -0.15) is 5.10 Å². The Morgan fingerprint density at radius 3 is 2.07 bits per heavy atom. The van der Waals surface area contributed by atoms with E-state index in [1.165, 1.54) is 6.21 Å². The Balaban J connectivity index is 1.66. The van der Waals surface area contributed by atoms with Crippen molar-refractivity contribution in [3.8, 4) is 22.4 Å². The monoisotopic (exact) mass is 433 g/mol. The van der Waals surface area contributed by atoms with E-state index in [9.17, 15) is 4.79 Å². The maximum atomic E-state index is 12.9. The van der Waals surface area contributed by atoms with Crippen LogP contribution in [0.4, 0.5) is 0 Å². The van der Waals surface area contributed by atoms with Crippen molar-refractivity contribution in [1.29, 1.82) is 0 Å². The molecule has 0 saturated heterocycles. The lowest BCUT2D eigenvalue weighted by molar-refractivity contribution is 0.0951. The van der Waals surface area contributed by atoms with E-state index >= 15 is 0 Å². The zero-order chi connectivity index (χ0) is 20.9. The fourth-order valence-electron chi connectivity index (χ4n) is 3.10. The Kier molecular flexibility index (Phi) is 5.98. The van der Waals surface area contributed by atoms with Gasteiger partial charge in [-0.15, -0.1) is 0 Å². The molecule has 1 amide bonds. The number of carbonyl (C=O) groups excluding carboxylic acids is 1. The molecule has 4 nitrogen and oxygen atoms in total. The zero-order valence-corrected chi connectivity index (χ0v) is 17.3. The number of aromatic amines is 1. The molecule has 4 aromatic rings. The summed E-state index contributed by atoms with van der Waals surface area (Å²) in [5.74, 6) is -0.365. The first kappa shape index (κ1) is 20.0. The van der Waals surface area contributed by atoms with Gasteiger partial charge in [0.2, 0.25) is 0 Å². The molecule has 0 aliphatic rings. The van der Waals surface area contributed by atoms with E-state index in [0.29, 0.717) is 21.3 Å². The topological polar surface area (TPSA) is 57.2 Å². The number of H-pyrrole nitrogens is 1. The maximum absolute atomic E-state index is 12.9. The number of nitrogens with zero attached hydrogens (tertiary/aromatic N) is 1. The van der Waals surface area contributed by atoms with Crippen LogP contribution in [0.2, 0.25) is 10.0 Å². The minimum absolute atomic E-state index is 0.365. The van der Waals surface area contributed by atoms with E-state index < -0.39 is 0 Å². The number of hydrogen-bond donors (Lipinski definition) is 2. The van der Waals surface area contributed by atoms with Crippen LogP contribution >= 0.6 is 23.2 Å². The van der Waals surface area contributed by atoms with Gasteiger partial charge in [-0.3, -0.25) is 4.79 Å². The van der Waals surface area contributed by atoms with Crippen LogP contribution in [0.1, 0.15) is 16.1 Å². The number of halogens is 2. The maximum Gasteiger partial charge on any atom is 0.288 e. The summed E-state index contributed by atoms with van der Waals surface area (Å²) in [5, 5.41) is 4.95. The highest BCUT2D eigenvalue weighted by Gasteiger charge is 2.17. The molecule has 1 aromatic heterocycles. The van der Waals surface area contributed by atoms with Gasteiger partial charge in [0.1, 0.15) is 5.69 Å². The Hall–Kier alpha value is -3.34. The summed E-state index contributed by atoms with van der Waals surface area (Å²) in [7, 11) is 0. The molecule has 0 saturated carbocycles. The molecule has 0 atom stereocenters. The summed E-state index contributed by atoms with van der Waals surface area (Å²) < 4.78 is 0. The van der Waals surface area contributed by atoms with Crippen molar-refractivity contribution >= 4 is 35.3 Å². The fourth-order valence-corrected chi connectivity index (χ4v) is 3.59. The number of hydrogen-bond acceptors (Lipinski definition) is 2. The summed E-state index contributed by atoms with van der Waals surface area (Å²) in [6, 6.07) is 26.7. The van der Waals surface area contributed by atoms with Gasteiger partial charge < -0.3 is 4.98 Å². The lowest BCUT2D eigenvalue weighted by Crippen LogP contribution is -2.19. The van der Waals surface area contributed by atoms with Crippen molar-refractivity contribution in [1.82, 2.24) is 10.4 Å². The highest BCUT2D eigenvalue weighted by molar-refractivity contribution is 6.38. The SMILES string of the molecule is O=C(N/N=C/c1c(Cl)cccc1Cl)c1[nH]c(-c2ccccc2)cc1-c1ccccc1. The van der Waals surface area contributed by atoms with E-state index in [-0.39, 0.29) is 5.91 Å². The average molecular weight is 434 g/mol. The number of carbonyl (C=O) groups is 1. The van der Waals surface area contributed by atoms with Gasteiger partial charge >= 0.3 is 0 Å². The minimum atomic E-state index is -0.365. The van der Waals surface area contributed by atoms with Crippen LogP contribution in [-0.2, 0) is 0 Å². The lowest BCUT2D eigenvalue weighted by atomic mass is 10.0. The van der Waals surface area contributed by atoms with Crippen LogP contribution in [-0.4, -0.2) is 17.1 Å². The van der Waals surface area contributed by atoms with Crippen molar-refractivity contribution in [3.63, 3.8) is 0 Å². The molecule has 1 heterocycles. The Morgan fingerprint density at radius 2 is 1.43 bits per heavy atom. The van der Waals surface area contributed by atoms with E-state index in [0.717, 1.165) is 22.4 Å². The van der Waals surface area contributed by atoms with Crippen molar-refractivity contribution in [2.75, 3.05) is 0 Å². The van der Waals surface area contributed by atoms with Crippen molar-refractivity contribution in [2.24, 2.45) is 5.10 Å². The molecule has 6 heteroatoms. The van der Waals surface area contributed by atoms with Crippen molar-refractivity contribution in [2.45, 2.75) is 0 Å². The van der Waals surface area contributed by atoms with Crippen LogP contribution < -0.4 is 5.43 Å². The molecule has 0 fully saturated rings. The minimum Gasteiger partial charge on any atom is -0.350 e. The Bertz CT molecular complexity index is 1180. The van der Waals surface area contributed by atoms with Crippen LogP contribution in [0.25, 0.3) is 22.4 Å². The third kappa shape index (κ3) is 4.30. The van der Waals surface area contributed by atoms with Gasteiger partial charge in [-0.25, -0.2) is 5.43 Å². The standard InChI is InChI=1S/C24H17Cl2N3O/c25-20-12-7-13-21(26)19(20)15-27-29-24(30)23-18(16-8-3-1-4-9-16)14-22(28-23)17-10-5-2-6-11-17/h1-15,28H,(H,29,30)/b27-15+. The largest absolute Gasteiger partial charge is 0.350 e. The van der Waals surface area contributed by atoms with Gasteiger partial charge in [0.15, 0.2) is 0 Å². The molecule has 30 heavy (non-hydrogen) atoms. The fraction of sp³-hybridized carbons (Fsp3) is 0. The molecule has 3 aromatic carbocycles.